The Balaban J connectivity index is 1.71. The van der Waals surface area contributed by atoms with Crippen LogP contribution in [0.5, 0.6) is 0 Å². The number of fused-ring (bicyclic) bond motifs is 2. The average Bonchev–Trinajstić information content (AvgIpc) is 2.99. The van der Waals surface area contributed by atoms with Gasteiger partial charge in [0.2, 0.25) is 5.91 Å². The zero-order valence-corrected chi connectivity index (χ0v) is 14.5. The van der Waals surface area contributed by atoms with E-state index in [-0.39, 0.29) is 12.5 Å². The SMILES string of the molecule is CCc1nc2ccccc2n1CC(=O)N1CCCc2c(F)cc(F)cc21. The molecule has 1 aliphatic heterocycles. The minimum Gasteiger partial charge on any atom is -0.318 e. The predicted octanol–water partition coefficient (Wildman–Crippen LogP) is 3.86. The summed E-state index contributed by atoms with van der Waals surface area (Å²) in [4.78, 5) is 19.1. The Hall–Kier alpha value is -2.76. The van der Waals surface area contributed by atoms with Crippen molar-refractivity contribution in [3.8, 4) is 0 Å². The molecule has 6 heteroatoms. The van der Waals surface area contributed by atoms with Crippen molar-refractivity contribution in [2.45, 2.75) is 32.7 Å². The van der Waals surface area contributed by atoms with Gasteiger partial charge in [-0.05, 0) is 31.0 Å². The van der Waals surface area contributed by atoms with Gasteiger partial charge in [0.15, 0.2) is 0 Å². The Labute approximate surface area is 150 Å². The topological polar surface area (TPSA) is 38.1 Å². The van der Waals surface area contributed by atoms with Crippen LogP contribution in [-0.4, -0.2) is 22.0 Å². The highest BCUT2D eigenvalue weighted by atomic mass is 19.1. The lowest BCUT2D eigenvalue weighted by molar-refractivity contribution is -0.119. The Morgan fingerprint density at radius 3 is 2.85 bits per heavy atom. The fourth-order valence-electron chi connectivity index (χ4n) is 3.66. The molecule has 0 aliphatic carbocycles. The van der Waals surface area contributed by atoms with Crippen molar-refractivity contribution < 1.29 is 13.6 Å². The molecule has 0 fully saturated rings. The molecule has 0 saturated carbocycles. The van der Waals surface area contributed by atoms with Crippen LogP contribution in [-0.2, 0) is 24.2 Å². The molecule has 0 saturated heterocycles. The maximum atomic E-state index is 14.1. The van der Waals surface area contributed by atoms with Crippen LogP contribution < -0.4 is 4.90 Å². The monoisotopic (exact) mass is 355 g/mol. The minimum absolute atomic E-state index is 0.0985. The van der Waals surface area contributed by atoms with E-state index in [0.717, 1.165) is 22.9 Å². The van der Waals surface area contributed by atoms with Crippen LogP contribution in [0.4, 0.5) is 14.5 Å². The van der Waals surface area contributed by atoms with E-state index in [0.29, 0.717) is 37.1 Å². The van der Waals surface area contributed by atoms with E-state index in [1.54, 1.807) is 0 Å². The number of hydrogen-bond acceptors (Lipinski definition) is 2. The number of imidazole rings is 1. The largest absolute Gasteiger partial charge is 0.318 e. The van der Waals surface area contributed by atoms with Crippen LogP contribution in [0.25, 0.3) is 11.0 Å². The lowest BCUT2D eigenvalue weighted by Crippen LogP contribution is -2.38. The molecular weight excluding hydrogens is 336 g/mol. The summed E-state index contributed by atoms with van der Waals surface area (Å²) >= 11 is 0. The molecule has 0 bridgehead atoms. The molecule has 4 nitrogen and oxygen atoms in total. The van der Waals surface area contributed by atoms with Crippen LogP contribution in [0.15, 0.2) is 36.4 Å². The second kappa shape index (κ2) is 6.52. The van der Waals surface area contributed by atoms with Crippen LogP contribution in [0.1, 0.15) is 24.7 Å². The quantitative estimate of drug-likeness (QED) is 0.716. The molecule has 2 aromatic carbocycles. The zero-order valence-electron chi connectivity index (χ0n) is 14.5. The van der Waals surface area contributed by atoms with Crippen LogP contribution in [0, 0.1) is 11.6 Å². The Kier molecular flexibility index (Phi) is 4.18. The van der Waals surface area contributed by atoms with E-state index in [1.165, 1.54) is 11.0 Å². The lowest BCUT2D eigenvalue weighted by atomic mass is 10.0. The number of carbonyl (C=O) groups is 1. The molecule has 3 aromatic rings. The first-order valence-corrected chi connectivity index (χ1v) is 8.81. The first-order chi connectivity index (χ1) is 12.6. The maximum Gasteiger partial charge on any atom is 0.246 e. The van der Waals surface area contributed by atoms with Crippen molar-refractivity contribution in [3.05, 3.63) is 59.4 Å². The maximum absolute atomic E-state index is 14.1. The molecule has 4 rings (SSSR count). The van der Waals surface area contributed by atoms with Crippen molar-refractivity contribution in [2.75, 3.05) is 11.4 Å². The van der Waals surface area contributed by atoms with Crippen LogP contribution in [0.3, 0.4) is 0 Å². The lowest BCUT2D eigenvalue weighted by Gasteiger charge is -2.30. The zero-order chi connectivity index (χ0) is 18.3. The number of aryl methyl sites for hydroxylation is 1. The third kappa shape index (κ3) is 2.75. The van der Waals surface area contributed by atoms with Crippen LogP contribution in [0.2, 0.25) is 0 Å². The second-order valence-electron chi connectivity index (χ2n) is 6.49. The van der Waals surface area contributed by atoms with Gasteiger partial charge in [-0.2, -0.15) is 0 Å². The highest BCUT2D eigenvalue weighted by molar-refractivity contribution is 5.95. The molecular formula is C20H19F2N3O. The Morgan fingerprint density at radius 2 is 2.04 bits per heavy atom. The standard InChI is InChI=1S/C20H19F2N3O/c1-2-19-23-16-7-3-4-8-17(16)25(19)12-20(26)24-9-5-6-14-15(22)10-13(21)11-18(14)24/h3-4,7-8,10-11H,2,5-6,9,12H2,1H3. The minimum atomic E-state index is -0.664. The molecule has 134 valence electrons. The Morgan fingerprint density at radius 1 is 1.23 bits per heavy atom. The molecule has 0 atom stereocenters. The summed E-state index contributed by atoms with van der Waals surface area (Å²) in [5, 5.41) is 0. The summed E-state index contributed by atoms with van der Waals surface area (Å²) in [6, 6.07) is 9.79. The van der Waals surface area contributed by atoms with Gasteiger partial charge in [0.25, 0.3) is 0 Å². The van der Waals surface area contributed by atoms with Gasteiger partial charge in [-0.25, -0.2) is 13.8 Å². The molecule has 1 aromatic heterocycles. The van der Waals surface area contributed by atoms with Crippen molar-refractivity contribution in [1.29, 1.82) is 0 Å². The summed E-state index contributed by atoms with van der Waals surface area (Å²) in [6.07, 6.45) is 1.87. The number of nitrogens with zero attached hydrogens (tertiary/aromatic N) is 3. The van der Waals surface area contributed by atoms with Gasteiger partial charge in [0, 0.05) is 24.6 Å². The highest BCUT2D eigenvalue weighted by Crippen LogP contribution is 2.31. The van der Waals surface area contributed by atoms with Gasteiger partial charge in [-0.15, -0.1) is 0 Å². The normalized spacial score (nSPS) is 13.9. The number of anilines is 1. The Bertz CT molecular complexity index is 996. The number of para-hydroxylation sites is 2. The molecule has 1 amide bonds. The molecule has 0 radical (unpaired) electrons. The number of amides is 1. The number of benzene rings is 2. The summed E-state index contributed by atoms with van der Waals surface area (Å²) in [7, 11) is 0. The smallest absolute Gasteiger partial charge is 0.246 e. The molecule has 0 N–H and O–H groups in total. The second-order valence-corrected chi connectivity index (χ2v) is 6.49. The fraction of sp³-hybridized carbons (Fsp3) is 0.300. The van der Waals surface area contributed by atoms with Crippen molar-refractivity contribution in [1.82, 2.24) is 9.55 Å². The van der Waals surface area contributed by atoms with E-state index in [9.17, 15) is 13.6 Å². The molecule has 1 aliphatic rings. The average molecular weight is 355 g/mol. The number of hydrogen-bond donors (Lipinski definition) is 0. The van der Waals surface area contributed by atoms with Crippen molar-refractivity contribution in [3.63, 3.8) is 0 Å². The van der Waals surface area contributed by atoms with Gasteiger partial charge in [0.05, 0.1) is 16.7 Å². The summed E-state index contributed by atoms with van der Waals surface area (Å²) < 4.78 is 29.7. The van der Waals surface area contributed by atoms with E-state index in [4.69, 9.17) is 0 Å². The van der Waals surface area contributed by atoms with Crippen LogP contribution >= 0.6 is 0 Å². The van der Waals surface area contributed by atoms with E-state index < -0.39 is 11.6 Å². The number of carbonyl (C=O) groups excluding carboxylic acids is 1. The predicted molar refractivity (Wildman–Crippen MR) is 96.1 cm³/mol. The number of rotatable bonds is 3. The highest BCUT2D eigenvalue weighted by Gasteiger charge is 2.26. The summed E-state index contributed by atoms with van der Waals surface area (Å²) in [6.45, 7) is 2.55. The fourth-order valence-corrected chi connectivity index (χ4v) is 3.66. The summed E-state index contributed by atoms with van der Waals surface area (Å²) in [5.74, 6) is -0.612. The molecule has 26 heavy (non-hydrogen) atoms. The first-order valence-electron chi connectivity index (χ1n) is 8.81. The van der Waals surface area contributed by atoms with E-state index in [1.807, 2.05) is 35.8 Å². The summed E-state index contributed by atoms with van der Waals surface area (Å²) in [5.41, 5.74) is 2.49. The van der Waals surface area contributed by atoms with Gasteiger partial charge < -0.3 is 9.47 Å². The molecule has 2 heterocycles. The molecule has 0 spiro atoms. The first kappa shape index (κ1) is 16.7. The van der Waals surface area contributed by atoms with E-state index in [2.05, 4.69) is 4.98 Å². The molecule has 0 unspecified atom stereocenters. The van der Waals surface area contributed by atoms with E-state index >= 15 is 0 Å². The van der Waals surface area contributed by atoms with Crippen molar-refractivity contribution in [2.24, 2.45) is 0 Å². The van der Waals surface area contributed by atoms with Crippen molar-refractivity contribution >= 4 is 22.6 Å². The number of halogens is 2. The van der Waals surface area contributed by atoms with Gasteiger partial charge in [0.1, 0.15) is 24.0 Å². The van der Waals surface area contributed by atoms with Gasteiger partial charge in [-0.3, -0.25) is 4.79 Å². The van der Waals surface area contributed by atoms with Gasteiger partial charge in [-0.1, -0.05) is 19.1 Å². The third-order valence-electron chi connectivity index (χ3n) is 4.88. The number of aromatic nitrogens is 2. The third-order valence-corrected chi connectivity index (χ3v) is 4.88. The van der Waals surface area contributed by atoms with Gasteiger partial charge >= 0.3 is 0 Å².